The first kappa shape index (κ1) is 18.8. The Morgan fingerprint density at radius 2 is 1.93 bits per heavy atom. The van der Waals surface area contributed by atoms with Crippen LogP contribution >= 0.6 is 23.4 Å². The van der Waals surface area contributed by atoms with Crippen LogP contribution in [0.5, 0.6) is 5.75 Å². The second kappa shape index (κ2) is 8.24. The first-order valence-electron chi connectivity index (χ1n) is 8.86. The Morgan fingerprint density at radius 1 is 1.18 bits per heavy atom. The number of halogens is 1. The van der Waals surface area contributed by atoms with E-state index in [0.717, 1.165) is 5.69 Å². The van der Waals surface area contributed by atoms with Crippen LogP contribution < -0.4 is 4.74 Å². The minimum atomic E-state index is -0.293. The fraction of sp³-hybridized carbons (Fsp3) is 0.250. The van der Waals surface area contributed by atoms with Crippen molar-refractivity contribution >= 4 is 29.3 Å². The predicted molar refractivity (Wildman–Crippen MR) is 107 cm³/mol. The molecule has 1 aliphatic heterocycles. The Labute approximate surface area is 171 Å². The Bertz CT molecular complexity index is 980. The Balaban J connectivity index is 1.62. The molecule has 1 fully saturated rings. The SMILES string of the molecule is C[C@@H]1C[C@@H](Sc2nnc(COc3ccccc3Cl)n2-c2ccccc2)C(=O)O1. The summed E-state index contributed by atoms with van der Waals surface area (Å²) in [6.45, 7) is 2.08. The molecule has 3 aromatic rings. The summed E-state index contributed by atoms with van der Waals surface area (Å²) in [5.41, 5.74) is 0.896. The smallest absolute Gasteiger partial charge is 0.319 e. The molecule has 4 rings (SSSR count). The number of carbonyl (C=O) groups excluding carboxylic acids is 1. The molecule has 0 N–H and O–H groups in total. The van der Waals surface area contributed by atoms with E-state index in [4.69, 9.17) is 21.1 Å². The molecule has 6 nitrogen and oxygen atoms in total. The number of aromatic nitrogens is 3. The maximum Gasteiger partial charge on any atom is 0.319 e. The van der Waals surface area contributed by atoms with Crippen LogP contribution in [0.25, 0.3) is 5.69 Å². The van der Waals surface area contributed by atoms with Crippen LogP contribution in [0.2, 0.25) is 5.02 Å². The number of para-hydroxylation sites is 2. The van der Waals surface area contributed by atoms with Gasteiger partial charge in [0.2, 0.25) is 0 Å². The molecule has 0 amide bonds. The fourth-order valence-corrected chi connectivity index (χ4v) is 4.32. The summed E-state index contributed by atoms with van der Waals surface area (Å²) in [4.78, 5) is 12.1. The van der Waals surface area contributed by atoms with Gasteiger partial charge in [-0.05, 0) is 31.2 Å². The van der Waals surface area contributed by atoms with Gasteiger partial charge in [0.15, 0.2) is 11.0 Å². The third-order valence-electron chi connectivity index (χ3n) is 4.28. The van der Waals surface area contributed by atoms with E-state index in [2.05, 4.69) is 10.2 Å². The summed E-state index contributed by atoms with van der Waals surface area (Å²) in [7, 11) is 0. The normalized spacial score (nSPS) is 18.9. The third kappa shape index (κ3) is 4.00. The molecule has 2 aromatic carbocycles. The highest BCUT2D eigenvalue weighted by molar-refractivity contribution is 8.00. The molecular formula is C20H18ClN3O3S. The second-order valence-electron chi connectivity index (χ2n) is 6.38. The van der Waals surface area contributed by atoms with Crippen LogP contribution in [-0.2, 0) is 16.1 Å². The topological polar surface area (TPSA) is 66.2 Å². The summed E-state index contributed by atoms with van der Waals surface area (Å²) >= 11 is 7.54. The standard InChI is InChI=1S/C20H18ClN3O3S/c1-13-11-17(19(25)27-13)28-20-23-22-18(24(20)14-7-3-2-4-8-14)12-26-16-10-6-5-9-15(16)21/h2-10,13,17H,11-12H2,1H3/t13-,17-/m1/s1. The largest absolute Gasteiger partial charge is 0.484 e. The van der Waals surface area contributed by atoms with Gasteiger partial charge in [0.1, 0.15) is 23.7 Å². The minimum Gasteiger partial charge on any atom is -0.484 e. The number of hydrogen-bond acceptors (Lipinski definition) is 6. The van der Waals surface area contributed by atoms with Crippen LogP contribution in [0.4, 0.5) is 0 Å². The molecule has 8 heteroatoms. The molecule has 144 valence electrons. The molecular weight excluding hydrogens is 398 g/mol. The molecule has 0 unspecified atom stereocenters. The van der Waals surface area contributed by atoms with Gasteiger partial charge >= 0.3 is 5.97 Å². The van der Waals surface area contributed by atoms with Gasteiger partial charge in [-0.2, -0.15) is 0 Å². The first-order chi connectivity index (χ1) is 13.6. The monoisotopic (exact) mass is 415 g/mol. The lowest BCUT2D eigenvalue weighted by molar-refractivity contribution is -0.140. The van der Waals surface area contributed by atoms with E-state index in [1.54, 1.807) is 12.1 Å². The van der Waals surface area contributed by atoms with E-state index in [0.29, 0.717) is 28.2 Å². The molecule has 0 aliphatic carbocycles. The molecule has 0 bridgehead atoms. The number of rotatable bonds is 6. The van der Waals surface area contributed by atoms with E-state index >= 15 is 0 Å². The highest BCUT2D eigenvalue weighted by atomic mass is 35.5. The molecule has 0 radical (unpaired) electrons. The van der Waals surface area contributed by atoms with Gasteiger partial charge in [0.25, 0.3) is 0 Å². The van der Waals surface area contributed by atoms with E-state index in [9.17, 15) is 4.79 Å². The Hall–Kier alpha value is -2.51. The molecule has 1 aromatic heterocycles. The number of nitrogens with zero attached hydrogens (tertiary/aromatic N) is 3. The average Bonchev–Trinajstić information content (AvgIpc) is 3.24. The van der Waals surface area contributed by atoms with Gasteiger partial charge in [-0.1, -0.05) is 53.7 Å². The van der Waals surface area contributed by atoms with Crippen molar-refractivity contribution in [1.82, 2.24) is 14.8 Å². The van der Waals surface area contributed by atoms with Crippen molar-refractivity contribution in [3.05, 3.63) is 65.4 Å². The summed E-state index contributed by atoms with van der Waals surface area (Å²) in [5, 5.41) is 9.47. The van der Waals surface area contributed by atoms with Crippen molar-refractivity contribution in [3.8, 4) is 11.4 Å². The molecule has 1 saturated heterocycles. The van der Waals surface area contributed by atoms with Gasteiger partial charge in [0, 0.05) is 12.1 Å². The number of carbonyl (C=O) groups is 1. The van der Waals surface area contributed by atoms with Crippen LogP contribution in [0.3, 0.4) is 0 Å². The van der Waals surface area contributed by atoms with Gasteiger partial charge in [0.05, 0.1) is 5.02 Å². The first-order valence-corrected chi connectivity index (χ1v) is 10.1. The number of hydrogen-bond donors (Lipinski definition) is 0. The number of thioether (sulfide) groups is 1. The maximum absolute atomic E-state index is 12.1. The van der Waals surface area contributed by atoms with Gasteiger partial charge in [-0.25, -0.2) is 0 Å². The van der Waals surface area contributed by atoms with Crippen LogP contribution in [0, 0.1) is 0 Å². The lowest BCUT2D eigenvalue weighted by atomic mass is 10.3. The zero-order valence-electron chi connectivity index (χ0n) is 15.1. The van der Waals surface area contributed by atoms with E-state index in [1.807, 2.05) is 54.0 Å². The molecule has 2 heterocycles. The molecule has 28 heavy (non-hydrogen) atoms. The predicted octanol–water partition coefficient (Wildman–Crippen LogP) is 4.30. The summed E-state index contributed by atoms with van der Waals surface area (Å²) in [5.74, 6) is 0.983. The lowest BCUT2D eigenvalue weighted by Crippen LogP contribution is -2.12. The molecule has 1 aliphatic rings. The van der Waals surface area contributed by atoms with E-state index < -0.39 is 0 Å². The summed E-state index contributed by atoms with van der Waals surface area (Å²) < 4.78 is 13.0. The average molecular weight is 416 g/mol. The Kier molecular flexibility index (Phi) is 5.54. The van der Waals surface area contributed by atoms with Crippen LogP contribution in [0.15, 0.2) is 59.8 Å². The van der Waals surface area contributed by atoms with Crippen molar-refractivity contribution in [2.24, 2.45) is 0 Å². The van der Waals surface area contributed by atoms with Gasteiger partial charge < -0.3 is 9.47 Å². The van der Waals surface area contributed by atoms with Crippen molar-refractivity contribution < 1.29 is 14.3 Å². The van der Waals surface area contributed by atoms with Crippen molar-refractivity contribution in [3.63, 3.8) is 0 Å². The van der Waals surface area contributed by atoms with Gasteiger partial charge in [-0.3, -0.25) is 9.36 Å². The number of esters is 1. The van der Waals surface area contributed by atoms with E-state index in [1.165, 1.54) is 11.8 Å². The van der Waals surface area contributed by atoms with Crippen molar-refractivity contribution in [1.29, 1.82) is 0 Å². The molecule has 2 atom stereocenters. The van der Waals surface area contributed by atoms with Crippen molar-refractivity contribution in [2.75, 3.05) is 0 Å². The number of cyclic esters (lactones) is 1. The third-order valence-corrected chi connectivity index (χ3v) is 5.74. The maximum atomic E-state index is 12.1. The molecule has 0 spiro atoms. The quantitative estimate of drug-likeness (QED) is 0.559. The zero-order chi connectivity index (χ0) is 19.5. The lowest BCUT2D eigenvalue weighted by Gasteiger charge is -2.12. The highest BCUT2D eigenvalue weighted by Gasteiger charge is 2.34. The summed E-state index contributed by atoms with van der Waals surface area (Å²) in [6, 6.07) is 17.0. The fourth-order valence-electron chi connectivity index (χ4n) is 2.95. The Morgan fingerprint density at radius 3 is 2.64 bits per heavy atom. The van der Waals surface area contributed by atoms with Gasteiger partial charge in [-0.15, -0.1) is 10.2 Å². The summed E-state index contributed by atoms with van der Waals surface area (Å²) in [6.07, 6.45) is 0.567. The number of benzene rings is 2. The molecule has 0 saturated carbocycles. The van der Waals surface area contributed by atoms with E-state index in [-0.39, 0.29) is 23.9 Å². The minimum absolute atomic E-state index is 0.0823. The van der Waals surface area contributed by atoms with Crippen LogP contribution in [-0.4, -0.2) is 32.1 Å². The number of ether oxygens (including phenoxy) is 2. The second-order valence-corrected chi connectivity index (χ2v) is 7.96. The highest BCUT2D eigenvalue weighted by Crippen LogP contribution is 2.33. The van der Waals surface area contributed by atoms with Crippen LogP contribution in [0.1, 0.15) is 19.2 Å². The zero-order valence-corrected chi connectivity index (χ0v) is 16.7. The van der Waals surface area contributed by atoms with Crippen molar-refractivity contribution in [2.45, 2.75) is 36.5 Å².